The number of aryl methyl sites for hydroxylation is 2. The molecule has 128 valence electrons. The highest BCUT2D eigenvalue weighted by Gasteiger charge is 2.16. The Morgan fingerprint density at radius 2 is 1.76 bits per heavy atom. The Morgan fingerprint density at radius 3 is 2.44 bits per heavy atom. The van der Waals surface area contributed by atoms with Gasteiger partial charge in [0.05, 0.1) is 14.2 Å². The van der Waals surface area contributed by atoms with Gasteiger partial charge >= 0.3 is 5.97 Å². The van der Waals surface area contributed by atoms with E-state index in [9.17, 15) is 9.90 Å². The number of esters is 1. The van der Waals surface area contributed by atoms with E-state index >= 15 is 0 Å². The summed E-state index contributed by atoms with van der Waals surface area (Å²) in [5.74, 6) is -0.112. The van der Waals surface area contributed by atoms with Gasteiger partial charge in [-0.2, -0.15) is 0 Å². The second-order valence-corrected chi connectivity index (χ2v) is 5.70. The van der Waals surface area contributed by atoms with Gasteiger partial charge in [0.2, 0.25) is 0 Å². The predicted octanol–water partition coefficient (Wildman–Crippen LogP) is 3.52. The van der Waals surface area contributed by atoms with Crippen molar-refractivity contribution in [3.05, 3.63) is 65.4 Å². The van der Waals surface area contributed by atoms with E-state index in [2.05, 4.69) is 21.9 Å². The van der Waals surface area contributed by atoms with Gasteiger partial charge in [-0.3, -0.25) is 0 Å². The Bertz CT molecular complexity index is 906. The maximum atomic E-state index is 11.7. The lowest BCUT2D eigenvalue weighted by atomic mass is 10.0. The minimum atomic E-state index is -0.604. The van der Waals surface area contributed by atoms with E-state index in [1.165, 1.54) is 18.7 Å². The third-order valence-electron chi connectivity index (χ3n) is 4.08. The molecule has 0 radical (unpaired) electrons. The van der Waals surface area contributed by atoms with Crippen LogP contribution >= 0.6 is 0 Å². The van der Waals surface area contributed by atoms with Crippen molar-refractivity contribution in [2.24, 2.45) is 0 Å². The third-order valence-corrected chi connectivity index (χ3v) is 4.08. The van der Waals surface area contributed by atoms with Gasteiger partial charge in [0.1, 0.15) is 17.0 Å². The molecule has 1 N–H and O–H groups in total. The van der Waals surface area contributed by atoms with Crippen LogP contribution in [0.1, 0.15) is 21.6 Å². The van der Waals surface area contributed by atoms with Crippen LogP contribution in [0.5, 0.6) is 11.5 Å². The number of rotatable bonds is 5. The molecular formula is C20H19NO4. The molecule has 0 aliphatic heterocycles. The molecule has 0 aliphatic rings. The molecule has 2 aromatic carbocycles. The molecule has 0 fully saturated rings. The first-order valence-corrected chi connectivity index (χ1v) is 7.95. The number of nitrogens with zero attached hydrogens (tertiary/aromatic N) is 1. The maximum Gasteiger partial charge on any atom is 0.356 e. The lowest BCUT2D eigenvalue weighted by molar-refractivity contribution is 0.0594. The van der Waals surface area contributed by atoms with Crippen LogP contribution < -0.4 is 4.74 Å². The average Bonchev–Trinajstić information content (AvgIpc) is 2.66. The first kappa shape index (κ1) is 16.8. The van der Waals surface area contributed by atoms with E-state index in [0.29, 0.717) is 16.7 Å². The number of carbonyl (C=O) groups is 1. The fourth-order valence-electron chi connectivity index (χ4n) is 2.78. The Kier molecular flexibility index (Phi) is 4.84. The number of aromatic hydroxyl groups is 1. The van der Waals surface area contributed by atoms with Gasteiger partial charge in [-0.15, -0.1) is 0 Å². The number of pyridine rings is 1. The smallest absolute Gasteiger partial charge is 0.356 e. The number of hydrogen-bond donors (Lipinski definition) is 1. The van der Waals surface area contributed by atoms with Crippen molar-refractivity contribution in [3.8, 4) is 11.5 Å². The molecule has 1 heterocycles. The van der Waals surface area contributed by atoms with Gasteiger partial charge < -0.3 is 14.6 Å². The molecule has 3 aromatic rings. The summed E-state index contributed by atoms with van der Waals surface area (Å²) in [6.45, 7) is 0. The molecule has 0 saturated carbocycles. The van der Waals surface area contributed by atoms with Crippen LogP contribution in [-0.2, 0) is 17.6 Å². The van der Waals surface area contributed by atoms with Crippen molar-refractivity contribution in [2.75, 3.05) is 14.2 Å². The van der Waals surface area contributed by atoms with Gasteiger partial charge in [0, 0.05) is 11.5 Å². The quantitative estimate of drug-likeness (QED) is 0.722. The average molecular weight is 337 g/mol. The van der Waals surface area contributed by atoms with Gasteiger partial charge in [-0.25, -0.2) is 9.78 Å². The number of methoxy groups -OCH3 is 2. The van der Waals surface area contributed by atoms with E-state index in [4.69, 9.17) is 4.74 Å². The number of benzene rings is 2. The summed E-state index contributed by atoms with van der Waals surface area (Å²) in [6.07, 6.45) is 1.68. The van der Waals surface area contributed by atoms with E-state index in [0.717, 1.165) is 18.4 Å². The molecule has 3 rings (SSSR count). The second kappa shape index (κ2) is 7.21. The van der Waals surface area contributed by atoms with Gasteiger partial charge in [0.25, 0.3) is 0 Å². The summed E-state index contributed by atoms with van der Waals surface area (Å²) in [5.41, 5.74) is 2.75. The van der Waals surface area contributed by atoms with Gasteiger partial charge in [0.15, 0.2) is 5.69 Å². The molecule has 0 unspecified atom stereocenters. The van der Waals surface area contributed by atoms with Crippen LogP contribution in [0, 0.1) is 0 Å². The van der Waals surface area contributed by atoms with Crippen molar-refractivity contribution in [2.45, 2.75) is 12.8 Å². The molecule has 25 heavy (non-hydrogen) atoms. The Balaban J connectivity index is 1.99. The molecule has 5 nitrogen and oxygen atoms in total. The fourth-order valence-corrected chi connectivity index (χ4v) is 2.78. The van der Waals surface area contributed by atoms with Crippen LogP contribution in [0.15, 0.2) is 48.5 Å². The Hall–Kier alpha value is -3.08. The molecule has 0 amide bonds. The summed E-state index contributed by atoms with van der Waals surface area (Å²) in [4.78, 5) is 16.0. The minimum Gasteiger partial charge on any atom is -0.507 e. The first-order valence-electron chi connectivity index (χ1n) is 7.95. The van der Waals surface area contributed by atoms with Crippen LogP contribution in [0.4, 0.5) is 0 Å². The van der Waals surface area contributed by atoms with Crippen molar-refractivity contribution in [1.82, 2.24) is 4.98 Å². The SMILES string of the molecule is COC(=O)c1cc(O)c2cc(CCc3ccccc3)cc(OC)c2n1. The highest BCUT2D eigenvalue weighted by molar-refractivity contribution is 5.96. The molecule has 0 spiro atoms. The molecule has 1 aromatic heterocycles. The van der Waals surface area contributed by atoms with Crippen LogP contribution in [0.3, 0.4) is 0 Å². The zero-order valence-corrected chi connectivity index (χ0v) is 14.2. The number of fused-ring (bicyclic) bond motifs is 1. The normalized spacial score (nSPS) is 10.6. The molecular weight excluding hydrogens is 318 g/mol. The lowest BCUT2D eigenvalue weighted by Crippen LogP contribution is -2.05. The monoisotopic (exact) mass is 337 g/mol. The largest absolute Gasteiger partial charge is 0.507 e. The number of hydrogen-bond acceptors (Lipinski definition) is 5. The second-order valence-electron chi connectivity index (χ2n) is 5.70. The standard InChI is InChI=1S/C20H19NO4/c1-24-18-11-14(9-8-13-6-4-3-5-7-13)10-15-17(22)12-16(20(23)25-2)21-19(15)18/h3-7,10-12H,8-9H2,1-2H3,(H,21,22). The summed E-state index contributed by atoms with van der Waals surface area (Å²) in [6, 6.07) is 15.3. The number of carbonyl (C=O) groups excluding carboxylic acids is 1. The molecule has 0 saturated heterocycles. The van der Waals surface area contributed by atoms with Gasteiger partial charge in [-0.05, 0) is 36.1 Å². The van der Waals surface area contributed by atoms with E-state index < -0.39 is 5.97 Å². The van der Waals surface area contributed by atoms with Crippen molar-refractivity contribution < 1.29 is 19.4 Å². The summed E-state index contributed by atoms with van der Waals surface area (Å²) >= 11 is 0. The minimum absolute atomic E-state index is 0.0229. The predicted molar refractivity (Wildman–Crippen MR) is 95.1 cm³/mol. The lowest BCUT2D eigenvalue weighted by Gasteiger charge is -2.11. The molecule has 0 aliphatic carbocycles. The first-order chi connectivity index (χ1) is 12.1. The fraction of sp³-hybridized carbons (Fsp3) is 0.200. The third kappa shape index (κ3) is 3.55. The highest BCUT2D eigenvalue weighted by Crippen LogP contribution is 2.33. The van der Waals surface area contributed by atoms with Crippen molar-refractivity contribution in [1.29, 1.82) is 0 Å². The summed E-state index contributed by atoms with van der Waals surface area (Å²) in [7, 11) is 2.81. The topological polar surface area (TPSA) is 68.7 Å². The van der Waals surface area contributed by atoms with Crippen LogP contribution in [0.25, 0.3) is 10.9 Å². The zero-order chi connectivity index (χ0) is 17.8. The Morgan fingerprint density at radius 1 is 1.04 bits per heavy atom. The number of ether oxygens (including phenoxy) is 2. The van der Waals surface area contributed by atoms with Crippen LogP contribution in [0.2, 0.25) is 0 Å². The van der Waals surface area contributed by atoms with Crippen molar-refractivity contribution in [3.63, 3.8) is 0 Å². The summed E-state index contributed by atoms with van der Waals surface area (Å²) < 4.78 is 10.1. The summed E-state index contributed by atoms with van der Waals surface area (Å²) in [5, 5.41) is 10.9. The van der Waals surface area contributed by atoms with Crippen molar-refractivity contribution >= 4 is 16.9 Å². The number of aromatic nitrogens is 1. The van der Waals surface area contributed by atoms with E-state index in [1.54, 1.807) is 7.11 Å². The molecule has 0 bridgehead atoms. The maximum absolute atomic E-state index is 11.7. The zero-order valence-electron chi connectivity index (χ0n) is 14.2. The molecule has 0 atom stereocenters. The van der Waals surface area contributed by atoms with E-state index in [1.807, 2.05) is 30.3 Å². The highest BCUT2D eigenvalue weighted by atomic mass is 16.5. The molecule has 5 heteroatoms. The van der Waals surface area contributed by atoms with Gasteiger partial charge in [-0.1, -0.05) is 30.3 Å². The van der Waals surface area contributed by atoms with Crippen LogP contribution in [-0.4, -0.2) is 30.3 Å². The Labute approximate surface area is 145 Å². The van der Waals surface area contributed by atoms with E-state index in [-0.39, 0.29) is 11.4 Å².